The Bertz CT molecular complexity index is 1470. The van der Waals surface area contributed by atoms with Crippen molar-refractivity contribution in [3.8, 4) is 0 Å². The quantitative estimate of drug-likeness (QED) is 0.0750. The molecule has 47 heavy (non-hydrogen) atoms. The van der Waals surface area contributed by atoms with E-state index in [9.17, 15) is 9.18 Å². The lowest BCUT2D eigenvalue weighted by atomic mass is 9.81. The first-order valence-corrected chi connectivity index (χ1v) is 16.8. The highest BCUT2D eigenvalue weighted by molar-refractivity contribution is 5.92. The maximum Gasteiger partial charge on any atom is 0.337 e. The van der Waals surface area contributed by atoms with Gasteiger partial charge in [0, 0.05) is 12.5 Å². The molecule has 2 unspecified atom stereocenters. The van der Waals surface area contributed by atoms with Crippen LogP contribution >= 0.6 is 0 Å². The largest absolute Gasteiger partial charge is 0.465 e. The molecular weight excluding hydrogens is 581 g/mol. The van der Waals surface area contributed by atoms with Crippen LogP contribution in [0.5, 0.6) is 0 Å². The normalized spacial score (nSPS) is 16.1. The second-order valence-corrected chi connectivity index (χ2v) is 13.1. The van der Waals surface area contributed by atoms with Crippen molar-refractivity contribution in [2.24, 2.45) is 17.8 Å². The molecule has 4 heteroatoms. The van der Waals surface area contributed by atoms with E-state index in [2.05, 4.69) is 81.5 Å². The standard InChI is InChI=1S/C43H54FNO2/c1-31(2)14-20-41(43(46)47-8)28-34(5)36(7)32(3)16-21-40(33(4)15-17-37-18-22-42(44)23-19-37)29-35(6)39-24-26-45(27-25-39)30-38-12-10-9-11-13-38/h9-14,18-23,28,33,36,39H,1,3,5-6,15-17,24-27,29-30H2,2,4,7-8H3/b20-14-,40-21-,41-28+. The molecule has 0 aromatic heterocycles. The van der Waals surface area contributed by atoms with Crippen LogP contribution in [0.2, 0.25) is 0 Å². The molecule has 3 rings (SSSR count). The van der Waals surface area contributed by atoms with Crippen LogP contribution in [-0.4, -0.2) is 31.1 Å². The van der Waals surface area contributed by atoms with Gasteiger partial charge in [-0.3, -0.25) is 4.90 Å². The van der Waals surface area contributed by atoms with Gasteiger partial charge in [0.2, 0.25) is 0 Å². The number of aryl methyl sites for hydroxylation is 1. The van der Waals surface area contributed by atoms with Crippen LogP contribution < -0.4 is 0 Å². The number of allylic oxidation sites excluding steroid dienone is 8. The predicted octanol–water partition coefficient (Wildman–Crippen LogP) is 10.5. The van der Waals surface area contributed by atoms with Gasteiger partial charge >= 0.3 is 5.97 Å². The van der Waals surface area contributed by atoms with Crippen molar-refractivity contribution >= 4 is 5.97 Å². The first-order valence-electron chi connectivity index (χ1n) is 16.8. The summed E-state index contributed by atoms with van der Waals surface area (Å²) in [5, 5.41) is 0. The summed E-state index contributed by atoms with van der Waals surface area (Å²) >= 11 is 0. The van der Waals surface area contributed by atoms with E-state index < -0.39 is 5.97 Å². The second-order valence-electron chi connectivity index (χ2n) is 13.1. The van der Waals surface area contributed by atoms with Crippen LogP contribution in [0.15, 0.2) is 139 Å². The fourth-order valence-corrected chi connectivity index (χ4v) is 5.97. The SMILES string of the molecule is C=C(C)/C=C\C(=C/C(=C)C(C)C(=C)C/C=C(/CC(=C)C1CCN(Cc2ccccc2)CC1)C(C)CCc1ccc(F)cc1)C(=O)OC. The monoisotopic (exact) mass is 635 g/mol. The minimum atomic E-state index is -0.414. The van der Waals surface area contributed by atoms with E-state index in [4.69, 9.17) is 4.74 Å². The molecule has 1 aliphatic heterocycles. The molecule has 1 heterocycles. The molecule has 0 amide bonds. The highest BCUT2D eigenvalue weighted by Gasteiger charge is 2.23. The summed E-state index contributed by atoms with van der Waals surface area (Å²) in [6.45, 7) is 26.6. The fourth-order valence-electron chi connectivity index (χ4n) is 5.97. The molecular formula is C43H54FNO2. The summed E-state index contributed by atoms with van der Waals surface area (Å²) in [7, 11) is 1.38. The van der Waals surface area contributed by atoms with Gasteiger partial charge in [-0.05, 0) is 111 Å². The number of methoxy groups -OCH3 is 1. The third-order valence-corrected chi connectivity index (χ3v) is 9.36. The van der Waals surface area contributed by atoms with Crippen molar-refractivity contribution in [3.63, 3.8) is 0 Å². The highest BCUT2D eigenvalue weighted by atomic mass is 19.1. The van der Waals surface area contributed by atoms with Crippen LogP contribution in [-0.2, 0) is 22.5 Å². The topological polar surface area (TPSA) is 29.5 Å². The van der Waals surface area contributed by atoms with Crippen LogP contribution in [0.3, 0.4) is 0 Å². The van der Waals surface area contributed by atoms with Crippen molar-refractivity contribution in [1.29, 1.82) is 0 Å². The molecule has 1 fully saturated rings. The zero-order chi connectivity index (χ0) is 34.3. The Kier molecular flexibility index (Phi) is 15.1. The summed E-state index contributed by atoms with van der Waals surface area (Å²) in [4.78, 5) is 14.9. The van der Waals surface area contributed by atoms with E-state index in [1.165, 1.54) is 36.0 Å². The highest BCUT2D eigenvalue weighted by Crippen LogP contribution is 2.33. The Labute approximate surface area is 283 Å². The number of rotatable bonds is 17. The first-order chi connectivity index (χ1) is 22.5. The maximum absolute atomic E-state index is 13.5. The summed E-state index contributed by atoms with van der Waals surface area (Å²) in [6.07, 6.45) is 13.3. The van der Waals surface area contributed by atoms with Gasteiger partial charge in [-0.25, -0.2) is 9.18 Å². The Hall–Kier alpha value is -4.02. The summed E-state index contributed by atoms with van der Waals surface area (Å²) < 4.78 is 18.5. The smallest absolute Gasteiger partial charge is 0.337 e. The number of hydrogen-bond acceptors (Lipinski definition) is 3. The number of hydrogen-bond donors (Lipinski definition) is 0. The number of esters is 1. The zero-order valence-corrected chi connectivity index (χ0v) is 29.1. The van der Waals surface area contributed by atoms with E-state index in [0.717, 1.165) is 74.0 Å². The van der Waals surface area contributed by atoms with Gasteiger partial charge in [0.1, 0.15) is 5.82 Å². The van der Waals surface area contributed by atoms with Crippen molar-refractivity contribution in [2.45, 2.75) is 65.8 Å². The van der Waals surface area contributed by atoms with E-state index in [-0.39, 0.29) is 11.7 Å². The molecule has 0 N–H and O–H groups in total. The number of carbonyl (C=O) groups excluding carboxylic acids is 1. The lowest BCUT2D eigenvalue weighted by Gasteiger charge is -2.33. The third kappa shape index (κ3) is 12.6. The molecule has 0 saturated carbocycles. The minimum Gasteiger partial charge on any atom is -0.465 e. The molecule has 2 aromatic rings. The molecule has 2 aromatic carbocycles. The molecule has 2 atom stereocenters. The van der Waals surface area contributed by atoms with Crippen molar-refractivity contribution in [1.82, 2.24) is 4.90 Å². The maximum atomic E-state index is 13.5. The van der Waals surface area contributed by atoms with E-state index in [1.807, 2.05) is 19.1 Å². The van der Waals surface area contributed by atoms with Gasteiger partial charge in [0.15, 0.2) is 0 Å². The number of halogens is 1. The molecule has 0 aliphatic carbocycles. The molecule has 3 nitrogen and oxygen atoms in total. The predicted molar refractivity (Wildman–Crippen MR) is 196 cm³/mol. The third-order valence-electron chi connectivity index (χ3n) is 9.36. The first kappa shape index (κ1) is 37.4. The van der Waals surface area contributed by atoms with E-state index >= 15 is 0 Å². The summed E-state index contributed by atoms with van der Waals surface area (Å²) in [5.74, 6) is 0.188. The van der Waals surface area contributed by atoms with Crippen LogP contribution in [0.4, 0.5) is 4.39 Å². The Balaban J connectivity index is 1.70. The van der Waals surface area contributed by atoms with Crippen molar-refractivity contribution in [3.05, 3.63) is 156 Å². The Morgan fingerprint density at radius 2 is 1.64 bits per heavy atom. The molecule has 0 spiro atoms. The molecule has 250 valence electrons. The number of ether oxygens (including phenoxy) is 1. The molecule has 0 bridgehead atoms. The Morgan fingerprint density at radius 3 is 2.26 bits per heavy atom. The molecule has 1 aliphatic rings. The average molecular weight is 636 g/mol. The zero-order valence-electron chi connectivity index (χ0n) is 29.1. The van der Waals surface area contributed by atoms with Crippen LogP contribution in [0, 0.1) is 23.6 Å². The number of benzene rings is 2. The van der Waals surface area contributed by atoms with Gasteiger partial charge in [0.25, 0.3) is 0 Å². The van der Waals surface area contributed by atoms with Gasteiger partial charge in [-0.15, -0.1) is 0 Å². The lowest BCUT2D eigenvalue weighted by molar-refractivity contribution is -0.135. The number of carbonyl (C=O) groups is 1. The van der Waals surface area contributed by atoms with Crippen molar-refractivity contribution < 1.29 is 13.9 Å². The van der Waals surface area contributed by atoms with Gasteiger partial charge < -0.3 is 4.74 Å². The van der Waals surface area contributed by atoms with E-state index in [0.29, 0.717) is 23.8 Å². The Morgan fingerprint density at radius 1 is 0.979 bits per heavy atom. The second kappa shape index (κ2) is 19.0. The van der Waals surface area contributed by atoms with E-state index in [1.54, 1.807) is 18.2 Å². The lowest BCUT2D eigenvalue weighted by Crippen LogP contribution is -2.33. The average Bonchev–Trinajstić information content (AvgIpc) is 3.07. The number of nitrogens with zero attached hydrogens (tertiary/aromatic N) is 1. The van der Waals surface area contributed by atoms with Gasteiger partial charge in [0.05, 0.1) is 12.7 Å². The summed E-state index contributed by atoms with van der Waals surface area (Å²) in [6, 6.07) is 17.5. The molecule has 0 radical (unpaired) electrons. The fraction of sp³-hybridized carbons (Fsp3) is 0.372. The summed E-state index contributed by atoms with van der Waals surface area (Å²) in [5.41, 5.74) is 8.29. The number of likely N-dealkylation sites (tertiary alicyclic amines) is 1. The van der Waals surface area contributed by atoms with Crippen molar-refractivity contribution in [2.75, 3.05) is 20.2 Å². The van der Waals surface area contributed by atoms with Crippen LogP contribution in [0.25, 0.3) is 0 Å². The van der Waals surface area contributed by atoms with Gasteiger partial charge in [-0.1, -0.05) is 117 Å². The van der Waals surface area contributed by atoms with Crippen LogP contribution in [0.1, 0.15) is 64.0 Å². The van der Waals surface area contributed by atoms with Gasteiger partial charge in [-0.2, -0.15) is 0 Å². The minimum absolute atomic E-state index is 0.0305. The molecule has 1 saturated heterocycles. The number of piperidine rings is 1.